The third kappa shape index (κ3) is 6.07. The number of ether oxygens (including phenoxy) is 2. The van der Waals surface area contributed by atoms with Gasteiger partial charge in [0.25, 0.3) is 5.91 Å². The lowest BCUT2D eigenvalue weighted by molar-refractivity contribution is 0.0729. The number of hydrazone groups is 1. The van der Waals surface area contributed by atoms with Gasteiger partial charge >= 0.3 is 5.97 Å². The summed E-state index contributed by atoms with van der Waals surface area (Å²) in [5.41, 5.74) is 9.48. The van der Waals surface area contributed by atoms with Crippen molar-refractivity contribution in [1.82, 2.24) is 35.6 Å². The van der Waals surface area contributed by atoms with Crippen LogP contribution < -0.4 is 20.6 Å². The van der Waals surface area contributed by atoms with E-state index in [-0.39, 0.29) is 23.1 Å². The van der Waals surface area contributed by atoms with Crippen LogP contribution in [0.15, 0.2) is 58.3 Å². The monoisotopic (exact) mass is 533 g/mol. The molecule has 2 heterocycles. The second-order valence-electron chi connectivity index (χ2n) is 8.06. The van der Waals surface area contributed by atoms with Gasteiger partial charge < -0.3 is 15.2 Å². The van der Waals surface area contributed by atoms with Crippen molar-refractivity contribution < 1.29 is 23.7 Å². The summed E-state index contributed by atoms with van der Waals surface area (Å²) in [5, 5.41) is 19.5. The molecule has 0 radical (unpaired) electrons. The molecular weight excluding hydrogens is 506 g/mol. The number of carbonyl (C=O) groups excluding carboxylic acids is 2. The molecule has 0 atom stereocenters. The minimum Gasteiger partial charge on any atom is -0.493 e. The Morgan fingerprint density at radius 1 is 1.13 bits per heavy atom. The molecule has 0 aliphatic rings. The van der Waals surface area contributed by atoms with Crippen LogP contribution in [0.2, 0.25) is 0 Å². The first-order valence-corrected chi connectivity index (χ1v) is 12.0. The van der Waals surface area contributed by atoms with E-state index in [1.165, 1.54) is 18.0 Å². The Morgan fingerprint density at radius 2 is 1.90 bits per heavy atom. The van der Waals surface area contributed by atoms with E-state index < -0.39 is 11.9 Å². The smallest absolute Gasteiger partial charge is 0.343 e. The molecule has 0 fully saturated rings. The van der Waals surface area contributed by atoms with Gasteiger partial charge in [0.1, 0.15) is 0 Å². The van der Waals surface area contributed by atoms with Crippen LogP contribution in [0.3, 0.4) is 0 Å². The fourth-order valence-electron chi connectivity index (χ4n) is 3.63. The molecule has 3 N–H and O–H groups in total. The second-order valence-corrected chi connectivity index (χ2v) is 8.06. The van der Waals surface area contributed by atoms with Crippen molar-refractivity contribution in [2.75, 3.05) is 25.9 Å². The molecule has 0 bridgehead atoms. The zero-order valence-corrected chi connectivity index (χ0v) is 21.6. The van der Waals surface area contributed by atoms with Crippen molar-refractivity contribution >= 4 is 23.9 Å². The average Bonchev–Trinajstić information content (AvgIpc) is 3.58. The zero-order chi connectivity index (χ0) is 27.8. The lowest BCUT2D eigenvalue weighted by Gasteiger charge is -2.18. The molecule has 4 aromatic rings. The molecule has 0 saturated heterocycles. The van der Waals surface area contributed by atoms with Crippen LogP contribution in [0.25, 0.3) is 5.82 Å². The van der Waals surface area contributed by atoms with Gasteiger partial charge in [0, 0.05) is 12.1 Å². The van der Waals surface area contributed by atoms with Crippen molar-refractivity contribution in [2.45, 2.75) is 20.4 Å². The van der Waals surface area contributed by atoms with Gasteiger partial charge in [0.15, 0.2) is 17.2 Å². The maximum Gasteiger partial charge on any atom is 0.343 e. The van der Waals surface area contributed by atoms with E-state index in [2.05, 4.69) is 40.7 Å². The molecule has 14 heteroatoms. The van der Waals surface area contributed by atoms with E-state index >= 15 is 0 Å². The molecule has 2 aromatic heterocycles. The van der Waals surface area contributed by atoms with Crippen LogP contribution >= 0.6 is 0 Å². The molecule has 39 heavy (non-hydrogen) atoms. The number of nitrogen functional groups attached to an aromatic ring is 1. The van der Waals surface area contributed by atoms with Gasteiger partial charge in [-0.15, -0.1) is 5.10 Å². The van der Waals surface area contributed by atoms with Gasteiger partial charge in [-0.25, -0.2) is 14.8 Å². The van der Waals surface area contributed by atoms with E-state index in [0.717, 1.165) is 0 Å². The lowest BCUT2D eigenvalue weighted by atomic mass is 10.2. The van der Waals surface area contributed by atoms with Crippen molar-refractivity contribution in [3.05, 3.63) is 71.0 Å². The fraction of sp³-hybridized carbons (Fsp3) is 0.240. The average molecular weight is 534 g/mol. The number of methoxy groups -OCH3 is 1. The van der Waals surface area contributed by atoms with E-state index in [9.17, 15) is 9.59 Å². The molecule has 14 nitrogen and oxygen atoms in total. The Bertz CT molecular complexity index is 1460. The highest BCUT2D eigenvalue weighted by molar-refractivity contribution is 5.96. The highest BCUT2D eigenvalue weighted by Crippen LogP contribution is 2.31. The van der Waals surface area contributed by atoms with Crippen molar-refractivity contribution in [1.29, 1.82) is 0 Å². The Hall–Kier alpha value is -5.11. The number of aromatic nitrogens is 5. The van der Waals surface area contributed by atoms with E-state index in [1.54, 1.807) is 48.5 Å². The third-order valence-corrected chi connectivity index (χ3v) is 5.75. The maximum atomic E-state index is 13.1. The van der Waals surface area contributed by atoms with Crippen molar-refractivity contribution in [3.8, 4) is 17.3 Å². The number of rotatable bonds is 11. The van der Waals surface area contributed by atoms with Crippen LogP contribution in [0.1, 0.15) is 46.0 Å². The Morgan fingerprint density at radius 3 is 2.56 bits per heavy atom. The van der Waals surface area contributed by atoms with E-state index in [1.807, 2.05) is 13.8 Å². The summed E-state index contributed by atoms with van der Waals surface area (Å²) in [6.07, 6.45) is 1.34. The predicted molar refractivity (Wildman–Crippen MR) is 140 cm³/mol. The molecule has 4 rings (SSSR count). The second kappa shape index (κ2) is 12.4. The summed E-state index contributed by atoms with van der Waals surface area (Å²) < 4.78 is 17.0. The van der Waals surface area contributed by atoms with E-state index in [4.69, 9.17) is 15.2 Å². The topological polar surface area (TPSA) is 176 Å². The summed E-state index contributed by atoms with van der Waals surface area (Å²) in [7, 11) is 1.45. The van der Waals surface area contributed by atoms with Crippen molar-refractivity contribution in [2.24, 2.45) is 5.10 Å². The summed E-state index contributed by atoms with van der Waals surface area (Å²) >= 11 is 0. The van der Waals surface area contributed by atoms with Crippen molar-refractivity contribution in [3.63, 3.8) is 0 Å². The number of nitrogens with zero attached hydrogens (tertiary/aromatic N) is 7. The molecule has 0 aliphatic carbocycles. The fourth-order valence-corrected chi connectivity index (χ4v) is 3.63. The largest absolute Gasteiger partial charge is 0.493 e. The normalized spacial score (nSPS) is 11.2. The Balaban J connectivity index is 1.58. The molecule has 0 aliphatic heterocycles. The minimum atomic E-state index is -0.625. The SMILES string of the molecule is CCN(CC)Cc1c(C(=O)N/N=C\c2cccc(OC)c2OC(=O)c2ccccc2)nnn1-c1nonc1N. The molecule has 0 spiro atoms. The van der Waals surface area contributed by atoms with Gasteiger partial charge in [-0.1, -0.05) is 43.3 Å². The first kappa shape index (κ1) is 26.9. The number of carbonyl (C=O) groups is 2. The lowest BCUT2D eigenvalue weighted by Crippen LogP contribution is -2.27. The minimum absolute atomic E-state index is 0.00119. The third-order valence-electron chi connectivity index (χ3n) is 5.75. The number of hydrogen-bond acceptors (Lipinski definition) is 12. The number of hydrogen-bond donors (Lipinski definition) is 2. The highest BCUT2D eigenvalue weighted by atomic mass is 16.6. The molecule has 2 aromatic carbocycles. The number of nitrogens with two attached hydrogens (primary N) is 1. The molecule has 202 valence electrons. The standard InChI is InChI=1S/C25H27N9O5/c1-4-33(5-2)15-18-20(28-32-34(18)23-22(26)30-39-31-23)24(35)29-27-14-17-12-9-13-19(37-3)21(17)38-25(36)16-10-7-6-8-11-16/h6-14H,4-5,15H2,1-3H3,(H2,26,30)(H,29,35)/b27-14-. The van der Waals surface area contributed by atoms with Crippen LogP contribution in [0.5, 0.6) is 11.5 Å². The molecular formula is C25H27N9O5. The zero-order valence-electron chi connectivity index (χ0n) is 21.6. The van der Waals surface area contributed by atoms with Crippen LogP contribution in [-0.2, 0) is 6.54 Å². The van der Waals surface area contributed by atoms with Gasteiger partial charge in [-0.3, -0.25) is 9.69 Å². The van der Waals surface area contributed by atoms with Gasteiger partial charge in [0.2, 0.25) is 11.6 Å². The predicted octanol–water partition coefficient (Wildman–Crippen LogP) is 2.07. The summed E-state index contributed by atoms with van der Waals surface area (Å²) in [4.78, 5) is 27.8. The first-order valence-electron chi connectivity index (χ1n) is 12.0. The van der Waals surface area contributed by atoms with E-state index in [0.29, 0.717) is 42.2 Å². The number of anilines is 1. The Labute approximate surface area is 223 Å². The van der Waals surface area contributed by atoms with Crippen LogP contribution in [0, 0.1) is 0 Å². The van der Waals surface area contributed by atoms with Crippen LogP contribution in [-0.4, -0.2) is 68.5 Å². The summed E-state index contributed by atoms with van der Waals surface area (Å²) in [6, 6.07) is 13.5. The number of amides is 1. The number of esters is 1. The maximum absolute atomic E-state index is 13.1. The van der Waals surface area contributed by atoms with Gasteiger partial charge in [0.05, 0.1) is 24.6 Å². The highest BCUT2D eigenvalue weighted by Gasteiger charge is 2.25. The summed E-state index contributed by atoms with van der Waals surface area (Å²) in [5.74, 6) is -0.611. The molecule has 0 saturated carbocycles. The quantitative estimate of drug-likeness (QED) is 0.125. The molecule has 0 unspecified atom stereocenters. The number of benzene rings is 2. The summed E-state index contributed by atoms with van der Waals surface area (Å²) in [6.45, 7) is 5.74. The number of nitrogens with one attached hydrogen (secondary N) is 1. The molecule has 1 amide bonds. The van der Waals surface area contributed by atoms with Gasteiger partial charge in [-0.2, -0.15) is 9.78 Å². The van der Waals surface area contributed by atoms with Gasteiger partial charge in [-0.05, 0) is 47.7 Å². The Kier molecular flexibility index (Phi) is 8.58. The van der Waals surface area contributed by atoms with Crippen LogP contribution in [0.4, 0.5) is 5.82 Å². The first-order chi connectivity index (χ1) is 19.0. The number of para-hydroxylation sites is 1.